The van der Waals surface area contributed by atoms with Crippen LogP contribution in [0.1, 0.15) is 27.4 Å². The van der Waals surface area contributed by atoms with E-state index >= 15 is 0 Å². The van der Waals surface area contributed by atoms with Crippen LogP contribution in [-0.4, -0.2) is 26.5 Å². The maximum absolute atomic E-state index is 13.3. The SMILES string of the molecule is Cc1nc2scc(C)n2c1/C=N/NC(=O)c1cc(-c2ccc(F)cc2)nc2ccccc12. The Bertz CT molecular complexity index is 1500. The van der Waals surface area contributed by atoms with Crippen molar-refractivity contribution < 1.29 is 9.18 Å². The molecule has 0 bridgehead atoms. The lowest BCUT2D eigenvalue weighted by Gasteiger charge is -2.09. The summed E-state index contributed by atoms with van der Waals surface area (Å²) in [6.45, 7) is 3.91. The lowest BCUT2D eigenvalue weighted by Crippen LogP contribution is -2.18. The maximum atomic E-state index is 13.3. The van der Waals surface area contributed by atoms with Gasteiger partial charge in [0.1, 0.15) is 5.82 Å². The van der Waals surface area contributed by atoms with E-state index in [0.29, 0.717) is 22.2 Å². The van der Waals surface area contributed by atoms with E-state index < -0.39 is 0 Å². The summed E-state index contributed by atoms with van der Waals surface area (Å²) in [5, 5.41) is 6.93. The predicted octanol–water partition coefficient (Wildman–Crippen LogP) is 5.13. The highest BCUT2D eigenvalue weighted by atomic mass is 32.1. The molecule has 8 heteroatoms. The van der Waals surface area contributed by atoms with Gasteiger partial charge in [-0.15, -0.1) is 11.3 Å². The lowest BCUT2D eigenvalue weighted by molar-refractivity contribution is 0.0956. The number of imidazole rings is 1. The number of pyridine rings is 1. The average Bonchev–Trinajstić information content (AvgIpc) is 3.31. The summed E-state index contributed by atoms with van der Waals surface area (Å²) in [6.07, 6.45) is 1.61. The monoisotopic (exact) mass is 443 g/mol. The normalized spacial score (nSPS) is 11.6. The molecular formula is C24H18FN5OS. The Morgan fingerprint density at radius 1 is 1.12 bits per heavy atom. The van der Waals surface area contributed by atoms with E-state index in [0.717, 1.165) is 27.6 Å². The molecule has 6 nitrogen and oxygen atoms in total. The number of para-hydroxylation sites is 1. The zero-order valence-corrected chi connectivity index (χ0v) is 18.2. The van der Waals surface area contributed by atoms with Gasteiger partial charge < -0.3 is 0 Å². The number of nitrogens with zero attached hydrogens (tertiary/aromatic N) is 4. The van der Waals surface area contributed by atoms with Gasteiger partial charge in [-0.25, -0.2) is 19.8 Å². The number of amides is 1. The smallest absolute Gasteiger partial charge is 0.272 e. The standard InChI is InChI=1S/C24H18FN5OS/c1-14-13-32-24-27-15(2)22(30(14)24)12-26-29-23(31)19-11-21(16-7-9-17(25)10-8-16)28-20-6-4-3-5-18(19)20/h3-13H,1-2H3,(H,29,31)/b26-12+. The first-order valence-corrected chi connectivity index (χ1v) is 10.8. The number of hydrogen-bond donors (Lipinski definition) is 1. The van der Waals surface area contributed by atoms with Crippen molar-refractivity contribution in [2.75, 3.05) is 0 Å². The topological polar surface area (TPSA) is 71.7 Å². The second kappa shape index (κ2) is 7.97. The first-order chi connectivity index (χ1) is 15.5. The van der Waals surface area contributed by atoms with Crippen LogP contribution in [0.4, 0.5) is 4.39 Å². The summed E-state index contributed by atoms with van der Waals surface area (Å²) in [7, 11) is 0. The van der Waals surface area contributed by atoms with E-state index in [2.05, 4.69) is 20.5 Å². The Morgan fingerprint density at radius 3 is 2.72 bits per heavy atom. The highest BCUT2D eigenvalue weighted by Crippen LogP contribution is 2.25. The van der Waals surface area contributed by atoms with E-state index in [1.807, 2.05) is 47.9 Å². The van der Waals surface area contributed by atoms with Crippen LogP contribution in [0, 0.1) is 19.7 Å². The zero-order chi connectivity index (χ0) is 22.2. The molecule has 3 heterocycles. The molecule has 0 aliphatic rings. The largest absolute Gasteiger partial charge is 0.286 e. The van der Waals surface area contributed by atoms with Gasteiger partial charge >= 0.3 is 0 Å². The van der Waals surface area contributed by atoms with Crippen molar-refractivity contribution >= 4 is 39.3 Å². The summed E-state index contributed by atoms with van der Waals surface area (Å²) in [4.78, 5) is 23.1. The maximum Gasteiger partial charge on any atom is 0.272 e. The van der Waals surface area contributed by atoms with E-state index in [9.17, 15) is 9.18 Å². The van der Waals surface area contributed by atoms with Crippen molar-refractivity contribution in [2.24, 2.45) is 5.10 Å². The molecule has 0 aliphatic carbocycles. The van der Waals surface area contributed by atoms with Gasteiger partial charge in [0.15, 0.2) is 4.96 Å². The van der Waals surface area contributed by atoms with Gasteiger partial charge in [0.25, 0.3) is 5.91 Å². The number of rotatable bonds is 4. The molecule has 0 atom stereocenters. The number of aromatic nitrogens is 3. The third kappa shape index (κ3) is 3.54. The zero-order valence-electron chi connectivity index (χ0n) is 17.3. The lowest BCUT2D eigenvalue weighted by atomic mass is 10.0. The fraction of sp³-hybridized carbons (Fsp3) is 0.0833. The molecular weight excluding hydrogens is 425 g/mol. The molecule has 0 saturated carbocycles. The number of fused-ring (bicyclic) bond motifs is 2. The molecule has 1 N–H and O–H groups in total. The molecule has 158 valence electrons. The van der Waals surface area contributed by atoms with Crippen molar-refractivity contribution in [3.8, 4) is 11.3 Å². The predicted molar refractivity (Wildman–Crippen MR) is 125 cm³/mol. The van der Waals surface area contributed by atoms with Gasteiger partial charge in [-0.2, -0.15) is 5.10 Å². The molecule has 0 fully saturated rings. The molecule has 32 heavy (non-hydrogen) atoms. The number of carbonyl (C=O) groups excluding carboxylic acids is 1. The van der Waals surface area contributed by atoms with E-state index in [4.69, 9.17) is 0 Å². The molecule has 2 aromatic carbocycles. The first kappa shape index (κ1) is 20.0. The molecule has 0 unspecified atom stereocenters. The Kier molecular flexibility index (Phi) is 4.99. The van der Waals surface area contributed by atoms with Crippen LogP contribution in [0.3, 0.4) is 0 Å². The Morgan fingerprint density at radius 2 is 1.91 bits per heavy atom. The Labute approximate surface area is 187 Å². The minimum Gasteiger partial charge on any atom is -0.286 e. The third-order valence-electron chi connectivity index (χ3n) is 5.21. The van der Waals surface area contributed by atoms with Crippen molar-refractivity contribution in [3.63, 3.8) is 0 Å². The van der Waals surface area contributed by atoms with E-state index in [-0.39, 0.29) is 11.7 Å². The van der Waals surface area contributed by atoms with Gasteiger partial charge in [0.2, 0.25) is 0 Å². The number of aryl methyl sites for hydroxylation is 2. The van der Waals surface area contributed by atoms with Crippen LogP contribution in [0.5, 0.6) is 0 Å². The molecule has 0 radical (unpaired) electrons. The van der Waals surface area contributed by atoms with Crippen molar-refractivity contribution in [3.05, 3.63) is 88.4 Å². The molecule has 0 aliphatic heterocycles. The fourth-order valence-corrected chi connectivity index (χ4v) is 4.54. The quantitative estimate of drug-likeness (QED) is 0.309. The summed E-state index contributed by atoms with van der Waals surface area (Å²) in [5.41, 5.74) is 7.76. The number of hydrogen-bond acceptors (Lipinski definition) is 5. The minimum atomic E-state index is -0.358. The third-order valence-corrected chi connectivity index (χ3v) is 6.15. The van der Waals surface area contributed by atoms with Crippen LogP contribution in [0.25, 0.3) is 27.1 Å². The fourth-order valence-electron chi connectivity index (χ4n) is 3.62. The average molecular weight is 444 g/mol. The number of hydrazone groups is 1. The van der Waals surface area contributed by atoms with Crippen LogP contribution in [0.2, 0.25) is 0 Å². The molecule has 0 spiro atoms. The molecule has 5 rings (SSSR count). The van der Waals surface area contributed by atoms with Crippen molar-refractivity contribution in [1.29, 1.82) is 0 Å². The molecule has 5 aromatic rings. The summed E-state index contributed by atoms with van der Waals surface area (Å²) >= 11 is 1.56. The van der Waals surface area contributed by atoms with E-state index in [1.165, 1.54) is 12.1 Å². The summed E-state index contributed by atoms with van der Waals surface area (Å²) in [5.74, 6) is -0.685. The highest BCUT2D eigenvalue weighted by molar-refractivity contribution is 7.15. The molecule has 0 saturated heterocycles. The number of benzene rings is 2. The van der Waals surface area contributed by atoms with Gasteiger partial charge in [0, 0.05) is 22.0 Å². The number of nitrogens with one attached hydrogen (secondary N) is 1. The number of thiazole rings is 1. The van der Waals surface area contributed by atoms with Gasteiger partial charge in [-0.05, 0) is 50.2 Å². The van der Waals surface area contributed by atoms with Crippen molar-refractivity contribution in [2.45, 2.75) is 13.8 Å². The first-order valence-electron chi connectivity index (χ1n) is 9.93. The number of halogens is 1. The molecule has 1 amide bonds. The van der Waals surface area contributed by atoms with Crippen LogP contribution >= 0.6 is 11.3 Å². The summed E-state index contributed by atoms with van der Waals surface area (Å²) < 4.78 is 15.3. The number of carbonyl (C=O) groups is 1. The van der Waals surface area contributed by atoms with Gasteiger partial charge in [0.05, 0.1) is 34.4 Å². The van der Waals surface area contributed by atoms with E-state index in [1.54, 1.807) is 35.8 Å². The second-order valence-electron chi connectivity index (χ2n) is 7.36. The van der Waals surface area contributed by atoms with Gasteiger partial charge in [-0.1, -0.05) is 18.2 Å². The Balaban J connectivity index is 1.50. The van der Waals surface area contributed by atoms with Crippen LogP contribution in [-0.2, 0) is 0 Å². The van der Waals surface area contributed by atoms with Gasteiger partial charge in [-0.3, -0.25) is 9.20 Å². The highest BCUT2D eigenvalue weighted by Gasteiger charge is 2.14. The van der Waals surface area contributed by atoms with Crippen LogP contribution in [0.15, 0.2) is 65.1 Å². The minimum absolute atomic E-state index is 0.327. The second-order valence-corrected chi connectivity index (χ2v) is 8.19. The van der Waals surface area contributed by atoms with Crippen LogP contribution < -0.4 is 5.43 Å². The Hall–Kier alpha value is -3.91. The summed E-state index contributed by atoms with van der Waals surface area (Å²) in [6, 6.07) is 15.1. The molecule has 3 aromatic heterocycles. The van der Waals surface area contributed by atoms with Crippen molar-refractivity contribution in [1.82, 2.24) is 19.8 Å².